The molecule has 2 aromatic carbocycles. The van der Waals surface area contributed by atoms with Gasteiger partial charge in [0.15, 0.2) is 0 Å². The second-order valence-corrected chi connectivity index (χ2v) is 6.82. The smallest absolute Gasteiger partial charge is 0.235 e. The Morgan fingerprint density at radius 3 is 2.19 bits per heavy atom. The van der Waals surface area contributed by atoms with Gasteiger partial charge in [0, 0.05) is 12.2 Å². The lowest BCUT2D eigenvalue weighted by Crippen LogP contribution is -2.33. The van der Waals surface area contributed by atoms with Crippen molar-refractivity contribution in [1.29, 1.82) is 0 Å². The van der Waals surface area contributed by atoms with E-state index in [1.165, 1.54) is 4.31 Å². The van der Waals surface area contributed by atoms with Crippen molar-refractivity contribution in [2.45, 2.75) is 13.3 Å². The van der Waals surface area contributed by atoms with E-state index in [1.54, 1.807) is 24.3 Å². The topological polar surface area (TPSA) is 63.4 Å². The van der Waals surface area contributed by atoms with Crippen LogP contribution in [-0.2, 0) is 16.4 Å². The van der Waals surface area contributed by atoms with Crippen LogP contribution in [-0.4, -0.2) is 20.7 Å². The van der Waals surface area contributed by atoms with E-state index in [1.807, 2.05) is 37.3 Å². The highest BCUT2D eigenvalue weighted by Gasteiger charge is 2.20. The predicted molar refractivity (Wildman–Crippen MR) is 87.8 cm³/mol. The van der Waals surface area contributed by atoms with Crippen molar-refractivity contribution in [2.75, 3.05) is 22.3 Å². The third-order valence-corrected chi connectivity index (χ3v) is 5.16. The van der Waals surface area contributed by atoms with Crippen LogP contribution in [0.3, 0.4) is 0 Å². The molecule has 2 N–H and O–H groups in total. The monoisotopic (exact) mass is 304 g/mol. The molecule has 0 aromatic heterocycles. The first-order chi connectivity index (χ1) is 10.0. The number of hydrogen-bond donors (Lipinski definition) is 1. The van der Waals surface area contributed by atoms with Gasteiger partial charge in [-0.15, -0.1) is 0 Å². The second kappa shape index (κ2) is 6.63. The lowest BCUT2D eigenvalue weighted by molar-refractivity contribution is 0.591. The summed E-state index contributed by atoms with van der Waals surface area (Å²) in [4.78, 5) is 0. The van der Waals surface area contributed by atoms with Gasteiger partial charge >= 0.3 is 0 Å². The Balaban J connectivity index is 2.14. The number of rotatable bonds is 6. The standard InChI is InChI=1S/C16H20N2O2S/c1-2-18(16-10-8-15(17)9-11-16)21(19,20)13-12-14-6-4-3-5-7-14/h3-11H,2,12-13,17H2,1H3. The normalized spacial score (nSPS) is 11.3. The number of anilines is 2. The molecule has 0 spiro atoms. The van der Waals surface area contributed by atoms with Crippen LogP contribution in [0.4, 0.5) is 11.4 Å². The molecule has 0 fully saturated rings. The van der Waals surface area contributed by atoms with E-state index in [4.69, 9.17) is 5.73 Å². The van der Waals surface area contributed by atoms with Gasteiger partial charge in [-0.2, -0.15) is 0 Å². The van der Waals surface area contributed by atoms with Crippen molar-refractivity contribution in [2.24, 2.45) is 0 Å². The van der Waals surface area contributed by atoms with Crippen molar-refractivity contribution < 1.29 is 8.42 Å². The molecule has 2 aromatic rings. The highest BCUT2D eigenvalue weighted by atomic mass is 32.2. The van der Waals surface area contributed by atoms with Gasteiger partial charge in [-0.25, -0.2) is 8.42 Å². The summed E-state index contributed by atoms with van der Waals surface area (Å²) in [6.07, 6.45) is 0.509. The Labute approximate surface area is 126 Å². The summed E-state index contributed by atoms with van der Waals surface area (Å²) in [5, 5.41) is 0. The zero-order chi connectivity index (χ0) is 15.3. The van der Waals surface area contributed by atoms with E-state index in [0.717, 1.165) is 5.56 Å². The number of hydrogen-bond acceptors (Lipinski definition) is 3. The van der Waals surface area contributed by atoms with Gasteiger partial charge in [0.2, 0.25) is 10.0 Å². The van der Waals surface area contributed by atoms with Crippen LogP contribution in [0.1, 0.15) is 12.5 Å². The number of aryl methyl sites for hydroxylation is 1. The quantitative estimate of drug-likeness (QED) is 0.835. The third kappa shape index (κ3) is 3.98. The molecular weight excluding hydrogens is 284 g/mol. The minimum Gasteiger partial charge on any atom is -0.399 e. The first kappa shape index (κ1) is 15.4. The molecule has 0 aliphatic carbocycles. The molecule has 0 saturated carbocycles. The van der Waals surface area contributed by atoms with E-state index in [-0.39, 0.29) is 5.75 Å². The zero-order valence-electron chi connectivity index (χ0n) is 12.1. The molecule has 112 valence electrons. The predicted octanol–water partition coefficient (Wildman–Crippen LogP) is 2.67. The van der Waals surface area contributed by atoms with Crippen molar-refractivity contribution in [3.8, 4) is 0 Å². The summed E-state index contributed by atoms with van der Waals surface area (Å²) < 4.78 is 26.5. The van der Waals surface area contributed by atoms with Gasteiger partial charge in [0.25, 0.3) is 0 Å². The summed E-state index contributed by atoms with van der Waals surface area (Å²) in [6, 6.07) is 16.5. The van der Waals surface area contributed by atoms with Crippen LogP contribution < -0.4 is 10.0 Å². The molecule has 5 heteroatoms. The Morgan fingerprint density at radius 1 is 1.00 bits per heavy atom. The average molecular weight is 304 g/mol. The maximum absolute atomic E-state index is 12.5. The fourth-order valence-electron chi connectivity index (χ4n) is 2.18. The number of benzene rings is 2. The van der Waals surface area contributed by atoms with Gasteiger partial charge in [-0.05, 0) is 43.2 Å². The summed E-state index contributed by atoms with van der Waals surface area (Å²) in [6.45, 7) is 2.23. The summed E-state index contributed by atoms with van der Waals surface area (Å²) >= 11 is 0. The number of nitrogens with zero attached hydrogens (tertiary/aromatic N) is 1. The Bertz CT molecular complexity index is 667. The van der Waals surface area contributed by atoms with E-state index in [0.29, 0.717) is 24.3 Å². The summed E-state index contributed by atoms with van der Waals surface area (Å²) in [7, 11) is -3.34. The summed E-state index contributed by atoms with van der Waals surface area (Å²) in [5.41, 5.74) is 7.94. The van der Waals surface area contributed by atoms with E-state index >= 15 is 0 Å². The SMILES string of the molecule is CCN(c1ccc(N)cc1)S(=O)(=O)CCc1ccccc1. The molecule has 4 nitrogen and oxygen atoms in total. The van der Waals surface area contributed by atoms with Crippen LogP contribution in [0.25, 0.3) is 0 Å². The molecular formula is C16H20N2O2S. The fourth-order valence-corrected chi connectivity index (χ4v) is 3.73. The van der Waals surface area contributed by atoms with E-state index in [9.17, 15) is 8.42 Å². The maximum Gasteiger partial charge on any atom is 0.235 e. The van der Waals surface area contributed by atoms with Crippen LogP contribution >= 0.6 is 0 Å². The lowest BCUT2D eigenvalue weighted by atomic mass is 10.2. The van der Waals surface area contributed by atoms with Crippen molar-refractivity contribution in [3.05, 3.63) is 60.2 Å². The zero-order valence-corrected chi connectivity index (χ0v) is 12.9. The summed E-state index contributed by atoms with van der Waals surface area (Å²) in [5.74, 6) is 0.0925. The van der Waals surface area contributed by atoms with Crippen molar-refractivity contribution >= 4 is 21.4 Å². The largest absolute Gasteiger partial charge is 0.399 e. The van der Waals surface area contributed by atoms with Crippen molar-refractivity contribution in [3.63, 3.8) is 0 Å². The molecule has 0 aliphatic heterocycles. The highest BCUT2D eigenvalue weighted by molar-refractivity contribution is 7.92. The van der Waals surface area contributed by atoms with Crippen LogP contribution in [0.5, 0.6) is 0 Å². The fraction of sp³-hybridized carbons (Fsp3) is 0.250. The average Bonchev–Trinajstić information content (AvgIpc) is 2.49. The second-order valence-electron chi connectivity index (χ2n) is 4.81. The van der Waals surface area contributed by atoms with Crippen LogP contribution in [0.15, 0.2) is 54.6 Å². The molecule has 21 heavy (non-hydrogen) atoms. The van der Waals surface area contributed by atoms with E-state index < -0.39 is 10.0 Å². The molecule has 0 radical (unpaired) electrons. The molecule has 2 rings (SSSR count). The number of nitrogens with two attached hydrogens (primary N) is 1. The maximum atomic E-state index is 12.5. The number of nitrogen functional groups attached to an aromatic ring is 1. The molecule has 0 atom stereocenters. The molecule has 0 amide bonds. The first-order valence-corrected chi connectivity index (χ1v) is 8.53. The van der Waals surface area contributed by atoms with Gasteiger partial charge in [-0.3, -0.25) is 4.31 Å². The molecule has 0 saturated heterocycles. The Morgan fingerprint density at radius 2 is 1.62 bits per heavy atom. The van der Waals surface area contributed by atoms with Gasteiger partial charge in [-0.1, -0.05) is 30.3 Å². The Hall–Kier alpha value is -2.01. The lowest BCUT2D eigenvalue weighted by Gasteiger charge is -2.23. The molecule has 0 bridgehead atoms. The molecule has 0 heterocycles. The van der Waals surface area contributed by atoms with Crippen LogP contribution in [0, 0.1) is 0 Å². The first-order valence-electron chi connectivity index (χ1n) is 6.93. The number of sulfonamides is 1. The van der Waals surface area contributed by atoms with Gasteiger partial charge < -0.3 is 5.73 Å². The van der Waals surface area contributed by atoms with Gasteiger partial charge in [0.05, 0.1) is 11.4 Å². The van der Waals surface area contributed by atoms with Gasteiger partial charge in [0.1, 0.15) is 0 Å². The Kier molecular flexibility index (Phi) is 4.85. The minimum atomic E-state index is -3.34. The molecule has 0 aliphatic rings. The van der Waals surface area contributed by atoms with E-state index in [2.05, 4.69) is 0 Å². The van der Waals surface area contributed by atoms with Crippen molar-refractivity contribution in [1.82, 2.24) is 0 Å². The third-order valence-electron chi connectivity index (χ3n) is 3.30. The molecule has 0 unspecified atom stereocenters. The highest BCUT2D eigenvalue weighted by Crippen LogP contribution is 2.20. The van der Waals surface area contributed by atoms with Crippen LogP contribution in [0.2, 0.25) is 0 Å². The minimum absolute atomic E-state index is 0.0925.